The number of nitrogens with zero attached hydrogens (tertiary/aromatic N) is 2. The number of anilines is 1. The first-order chi connectivity index (χ1) is 13.6. The maximum atomic E-state index is 12.3. The first-order valence-corrected chi connectivity index (χ1v) is 9.01. The van der Waals surface area contributed by atoms with Crippen LogP contribution in [0.5, 0.6) is 11.5 Å². The summed E-state index contributed by atoms with van der Waals surface area (Å²) < 4.78 is 11.2. The highest BCUT2D eigenvalue weighted by Gasteiger charge is 2.35. The van der Waals surface area contributed by atoms with Gasteiger partial charge in [0.15, 0.2) is 0 Å². The molecule has 0 spiro atoms. The monoisotopic (exact) mass is 390 g/mol. The van der Waals surface area contributed by atoms with Crippen LogP contribution in [0.2, 0.25) is 5.02 Å². The summed E-state index contributed by atoms with van der Waals surface area (Å²) in [4.78, 5) is 13.9. The van der Waals surface area contributed by atoms with E-state index >= 15 is 0 Å². The van der Waals surface area contributed by atoms with Crippen LogP contribution in [0.25, 0.3) is 0 Å². The van der Waals surface area contributed by atoms with Gasteiger partial charge in [-0.1, -0.05) is 29.8 Å². The molecule has 0 bridgehead atoms. The minimum Gasteiger partial charge on any atom is -0.457 e. The van der Waals surface area contributed by atoms with E-state index in [1.165, 1.54) is 0 Å². The first-order valence-electron chi connectivity index (χ1n) is 8.63. The molecule has 0 aromatic heterocycles. The number of carbonyl (C=O) groups is 1. The number of hydrogen-bond donors (Lipinski definition) is 0. The van der Waals surface area contributed by atoms with Gasteiger partial charge in [-0.25, -0.2) is 4.79 Å². The highest BCUT2D eigenvalue weighted by Crippen LogP contribution is 2.35. The van der Waals surface area contributed by atoms with Crippen LogP contribution in [0.4, 0.5) is 10.5 Å². The van der Waals surface area contributed by atoms with Crippen molar-refractivity contribution in [3.05, 3.63) is 88.9 Å². The standard InChI is InChI=1S/C22H15ClN2O3/c23-17-7-9-18(10-8-17)25-21(14-27-22(25)26)16-4-2-6-20(12-16)28-19-5-1-3-15(11-19)13-24/h1-12,21H,14H2/t21-/m1/s1. The Morgan fingerprint density at radius 2 is 1.75 bits per heavy atom. The molecule has 1 aliphatic heterocycles. The molecule has 1 amide bonds. The molecule has 4 rings (SSSR count). The second kappa shape index (κ2) is 7.63. The van der Waals surface area contributed by atoms with Gasteiger partial charge in [0, 0.05) is 10.7 Å². The zero-order valence-corrected chi connectivity index (χ0v) is 15.5. The molecule has 0 radical (unpaired) electrons. The van der Waals surface area contributed by atoms with E-state index in [-0.39, 0.29) is 12.6 Å². The number of amides is 1. The van der Waals surface area contributed by atoms with Crippen LogP contribution >= 0.6 is 11.6 Å². The average Bonchev–Trinajstić information content (AvgIpc) is 3.10. The van der Waals surface area contributed by atoms with Crippen molar-refractivity contribution >= 4 is 23.4 Å². The van der Waals surface area contributed by atoms with Gasteiger partial charge in [0.2, 0.25) is 0 Å². The smallest absolute Gasteiger partial charge is 0.415 e. The SMILES string of the molecule is N#Cc1cccc(Oc2cccc([C@H]3COC(=O)N3c3ccc(Cl)cc3)c2)c1. The van der Waals surface area contributed by atoms with Gasteiger partial charge in [-0.3, -0.25) is 4.90 Å². The highest BCUT2D eigenvalue weighted by atomic mass is 35.5. The fraction of sp³-hybridized carbons (Fsp3) is 0.0909. The third-order valence-corrected chi connectivity index (χ3v) is 4.67. The number of ether oxygens (including phenoxy) is 2. The maximum Gasteiger partial charge on any atom is 0.415 e. The van der Waals surface area contributed by atoms with Crippen molar-refractivity contribution in [1.29, 1.82) is 5.26 Å². The Labute approximate surface area is 167 Å². The largest absolute Gasteiger partial charge is 0.457 e. The molecule has 1 atom stereocenters. The summed E-state index contributed by atoms with van der Waals surface area (Å²) in [5.74, 6) is 1.19. The third kappa shape index (κ3) is 3.64. The Balaban J connectivity index is 1.61. The molecule has 0 N–H and O–H groups in total. The van der Waals surface area contributed by atoms with E-state index in [1.807, 2.05) is 24.3 Å². The number of nitriles is 1. The van der Waals surface area contributed by atoms with Crippen LogP contribution in [-0.2, 0) is 4.74 Å². The van der Waals surface area contributed by atoms with Gasteiger partial charge in [0.05, 0.1) is 17.7 Å². The molecule has 138 valence electrons. The Hall–Kier alpha value is -3.49. The van der Waals surface area contributed by atoms with Gasteiger partial charge in [0.1, 0.15) is 18.1 Å². The molecular weight excluding hydrogens is 376 g/mol. The van der Waals surface area contributed by atoms with Crippen LogP contribution in [0, 0.1) is 11.3 Å². The number of cyclic esters (lactones) is 1. The zero-order chi connectivity index (χ0) is 19.5. The minimum absolute atomic E-state index is 0.245. The van der Waals surface area contributed by atoms with E-state index < -0.39 is 6.09 Å². The van der Waals surface area contributed by atoms with E-state index in [0.29, 0.717) is 27.8 Å². The molecule has 0 unspecified atom stereocenters. The van der Waals surface area contributed by atoms with Gasteiger partial charge >= 0.3 is 6.09 Å². The van der Waals surface area contributed by atoms with E-state index in [1.54, 1.807) is 53.4 Å². The van der Waals surface area contributed by atoms with Gasteiger partial charge in [-0.15, -0.1) is 0 Å². The Morgan fingerprint density at radius 1 is 1.04 bits per heavy atom. The molecule has 1 fully saturated rings. The predicted octanol–water partition coefficient (Wildman–Crippen LogP) is 5.70. The molecule has 1 heterocycles. The van der Waals surface area contributed by atoms with E-state index in [4.69, 9.17) is 26.3 Å². The lowest BCUT2D eigenvalue weighted by molar-refractivity contribution is 0.179. The molecule has 3 aromatic carbocycles. The summed E-state index contributed by atoms with van der Waals surface area (Å²) >= 11 is 5.96. The van der Waals surface area contributed by atoms with E-state index in [0.717, 1.165) is 5.56 Å². The zero-order valence-electron chi connectivity index (χ0n) is 14.7. The molecule has 0 aliphatic carbocycles. The number of halogens is 1. The van der Waals surface area contributed by atoms with E-state index in [9.17, 15) is 4.79 Å². The van der Waals surface area contributed by atoms with Crippen molar-refractivity contribution in [3.8, 4) is 17.6 Å². The molecular formula is C22H15ClN2O3. The van der Waals surface area contributed by atoms with Crippen LogP contribution in [0.3, 0.4) is 0 Å². The first kappa shape index (κ1) is 17.9. The Kier molecular flexibility index (Phi) is 4.88. The lowest BCUT2D eigenvalue weighted by atomic mass is 10.1. The van der Waals surface area contributed by atoms with Crippen molar-refractivity contribution in [3.63, 3.8) is 0 Å². The second-order valence-corrected chi connectivity index (χ2v) is 6.69. The van der Waals surface area contributed by atoms with Gasteiger partial charge in [0.25, 0.3) is 0 Å². The third-order valence-electron chi connectivity index (χ3n) is 4.42. The average molecular weight is 391 g/mol. The number of carbonyl (C=O) groups excluding carboxylic acids is 1. The predicted molar refractivity (Wildman–Crippen MR) is 106 cm³/mol. The van der Waals surface area contributed by atoms with Gasteiger partial charge < -0.3 is 9.47 Å². The lowest BCUT2D eigenvalue weighted by Crippen LogP contribution is -2.27. The summed E-state index contributed by atoms with van der Waals surface area (Å²) in [5, 5.41) is 9.63. The van der Waals surface area contributed by atoms with Crippen LogP contribution in [0.1, 0.15) is 17.2 Å². The van der Waals surface area contributed by atoms with Crippen LogP contribution in [0.15, 0.2) is 72.8 Å². The van der Waals surface area contributed by atoms with E-state index in [2.05, 4.69) is 6.07 Å². The summed E-state index contributed by atoms with van der Waals surface area (Å²) in [7, 11) is 0. The van der Waals surface area contributed by atoms with Crippen molar-refractivity contribution in [2.45, 2.75) is 6.04 Å². The van der Waals surface area contributed by atoms with Crippen LogP contribution < -0.4 is 9.64 Å². The minimum atomic E-state index is -0.402. The summed E-state index contributed by atoms with van der Waals surface area (Å²) in [6, 6.07) is 23.3. The Morgan fingerprint density at radius 3 is 2.50 bits per heavy atom. The molecule has 6 heteroatoms. The van der Waals surface area contributed by atoms with Crippen molar-refractivity contribution in [2.24, 2.45) is 0 Å². The quantitative estimate of drug-likeness (QED) is 0.573. The fourth-order valence-electron chi connectivity index (χ4n) is 3.10. The molecule has 5 nitrogen and oxygen atoms in total. The second-order valence-electron chi connectivity index (χ2n) is 6.25. The maximum absolute atomic E-state index is 12.3. The summed E-state index contributed by atoms with van der Waals surface area (Å²) in [6.45, 7) is 0.245. The molecule has 3 aromatic rings. The van der Waals surface area contributed by atoms with Gasteiger partial charge in [-0.2, -0.15) is 5.26 Å². The molecule has 1 aliphatic rings. The fourth-order valence-corrected chi connectivity index (χ4v) is 3.23. The Bertz CT molecular complexity index is 1060. The molecule has 28 heavy (non-hydrogen) atoms. The molecule has 1 saturated heterocycles. The summed E-state index contributed by atoms with van der Waals surface area (Å²) in [5.41, 5.74) is 2.12. The number of benzene rings is 3. The van der Waals surface area contributed by atoms with Crippen LogP contribution in [-0.4, -0.2) is 12.7 Å². The van der Waals surface area contributed by atoms with Crippen molar-refractivity contribution < 1.29 is 14.3 Å². The topological polar surface area (TPSA) is 62.6 Å². The summed E-state index contributed by atoms with van der Waals surface area (Å²) in [6.07, 6.45) is -0.402. The number of rotatable bonds is 4. The van der Waals surface area contributed by atoms with Crippen molar-refractivity contribution in [2.75, 3.05) is 11.5 Å². The number of hydrogen-bond acceptors (Lipinski definition) is 4. The van der Waals surface area contributed by atoms with Gasteiger partial charge in [-0.05, 0) is 60.2 Å². The van der Waals surface area contributed by atoms with Crippen molar-refractivity contribution in [1.82, 2.24) is 0 Å². The lowest BCUT2D eigenvalue weighted by Gasteiger charge is -2.22. The molecule has 0 saturated carbocycles. The normalized spacial score (nSPS) is 15.8. The highest BCUT2D eigenvalue weighted by molar-refractivity contribution is 6.30.